The maximum atomic E-state index is 11.2. The van der Waals surface area contributed by atoms with Gasteiger partial charge in [0.15, 0.2) is 0 Å². The summed E-state index contributed by atoms with van der Waals surface area (Å²) in [5.41, 5.74) is 7.24. The lowest BCUT2D eigenvalue weighted by Crippen LogP contribution is -2.25. The summed E-state index contributed by atoms with van der Waals surface area (Å²) < 4.78 is 33.3. The number of alkyl halides is 3. The summed E-state index contributed by atoms with van der Waals surface area (Å²) in [5, 5.41) is 7.12. The van der Waals surface area contributed by atoms with Crippen LogP contribution in [0.3, 0.4) is 0 Å². The second-order valence-electron chi connectivity index (χ2n) is 3.43. The van der Waals surface area contributed by atoms with Gasteiger partial charge in [-0.3, -0.25) is 9.36 Å². The Morgan fingerprint density at radius 2 is 1.83 bits per heavy atom. The number of aliphatic carboxylic acids is 1. The Labute approximate surface area is 101 Å². The first-order chi connectivity index (χ1) is 8.09. The zero-order valence-corrected chi connectivity index (χ0v) is 9.78. The van der Waals surface area contributed by atoms with Gasteiger partial charge in [0.25, 0.3) is 5.56 Å². The van der Waals surface area contributed by atoms with Crippen molar-refractivity contribution in [2.75, 3.05) is 0 Å². The van der Waals surface area contributed by atoms with Gasteiger partial charge in [-0.2, -0.15) is 13.2 Å². The van der Waals surface area contributed by atoms with Gasteiger partial charge in [0.2, 0.25) is 0 Å². The summed E-state index contributed by atoms with van der Waals surface area (Å²) in [5.74, 6) is -2.76. The Bertz CT molecular complexity index is 480. The van der Waals surface area contributed by atoms with E-state index in [1.54, 1.807) is 6.07 Å². The summed E-state index contributed by atoms with van der Waals surface area (Å²) in [6, 6.07) is 3.52. The van der Waals surface area contributed by atoms with E-state index < -0.39 is 12.1 Å². The zero-order valence-electron chi connectivity index (χ0n) is 9.78. The minimum Gasteiger partial charge on any atom is -0.475 e. The van der Waals surface area contributed by atoms with Crippen molar-refractivity contribution in [1.29, 1.82) is 0 Å². The second kappa shape index (κ2) is 6.20. The molecule has 0 fully saturated rings. The molecule has 0 saturated carbocycles. The van der Waals surface area contributed by atoms with Crippen LogP contribution in [0.1, 0.15) is 11.3 Å². The quantitative estimate of drug-likeness (QED) is 0.794. The van der Waals surface area contributed by atoms with Crippen molar-refractivity contribution in [3.63, 3.8) is 0 Å². The van der Waals surface area contributed by atoms with E-state index in [9.17, 15) is 18.0 Å². The number of nitrogens with two attached hydrogens (primary N) is 1. The van der Waals surface area contributed by atoms with Crippen LogP contribution in [0.25, 0.3) is 0 Å². The van der Waals surface area contributed by atoms with Gasteiger partial charge in [0.05, 0.1) is 6.67 Å². The first kappa shape index (κ1) is 16.2. The number of carboxylic acid groups (broad SMARTS) is 1. The third-order valence-corrected chi connectivity index (χ3v) is 1.90. The highest BCUT2D eigenvalue weighted by Crippen LogP contribution is 2.13. The summed E-state index contributed by atoms with van der Waals surface area (Å²) in [7, 11) is 0. The molecule has 0 aromatic carbocycles. The number of nitrogens with zero attached hydrogens (tertiary/aromatic N) is 1. The molecular formula is C10H13F3N2O3. The molecule has 8 heteroatoms. The van der Waals surface area contributed by atoms with E-state index in [0.717, 1.165) is 11.3 Å². The van der Waals surface area contributed by atoms with Crippen LogP contribution in [0.15, 0.2) is 16.9 Å². The lowest BCUT2D eigenvalue weighted by molar-refractivity contribution is -0.192. The Hall–Kier alpha value is -1.83. The molecule has 0 amide bonds. The molecule has 0 bridgehead atoms. The fourth-order valence-corrected chi connectivity index (χ4v) is 1.13. The molecule has 1 aromatic rings. The molecule has 0 atom stereocenters. The van der Waals surface area contributed by atoms with Gasteiger partial charge in [0.1, 0.15) is 0 Å². The van der Waals surface area contributed by atoms with Gasteiger partial charge in [-0.1, -0.05) is 0 Å². The molecule has 0 aliphatic rings. The number of rotatable bonds is 1. The number of hydrogen-bond donors (Lipinski definition) is 2. The molecule has 18 heavy (non-hydrogen) atoms. The first-order valence-electron chi connectivity index (χ1n) is 4.78. The van der Waals surface area contributed by atoms with Crippen molar-refractivity contribution in [2.45, 2.75) is 26.7 Å². The third kappa shape index (κ3) is 5.00. The van der Waals surface area contributed by atoms with Gasteiger partial charge in [0, 0.05) is 11.8 Å². The van der Waals surface area contributed by atoms with Crippen LogP contribution in [0.4, 0.5) is 13.2 Å². The van der Waals surface area contributed by atoms with E-state index in [2.05, 4.69) is 0 Å². The van der Waals surface area contributed by atoms with Crippen molar-refractivity contribution in [3.8, 4) is 0 Å². The third-order valence-electron chi connectivity index (χ3n) is 1.90. The lowest BCUT2D eigenvalue weighted by atomic mass is 10.2. The first-order valence-corrected chi connectivity index (χ1v) is 4.78. The molecule has 0 unspecified atom stereocenters. The molecular weight excluding hydrogens is 253 g/mol. The summed E-state index contributed by atoms with van der Waals surface area (Å²) in [6.45, 7) is 4.03. The number of aryl methyl sites for hydroxylation is 2. The highest BCUT2D eigenvalue weighted by atomic mass is 19.4. The van der Waals surface area contributed by atoms with Crippen LogP contribution in [0.2, 0.25) is 0 Å². The van der Waals surface area contributed by atoms with E-state index in [1.165, 1.54) is 4.57 Å². The highest BCUT2D eigenvalue weighted by molar-refractivity contribution is 5.73. The van der Waals surface area contributed by atoms with E-state index in [0.29, 0.717) is 0 Å². The van der Waals surface area contributed by atoms with Gasteiger partial charge >= 0.3 is 12.1 Å². The number of carboxylic acids is 1. The maximum absolute atomic E-state index is 11.2. The molecule has 0 saturated heterocycles. The fourth-order valence-electron chi connectivity index (χ4n) is 1.13. The van der Waals surface area contributed by atoms with Crippen LogP contribution in [0.5, 0.6) is 0 Å². The average Bonchev–Trinajstić information content (AvgIpc) is 2.15. The predicted molar refractivity (Wildman–Crippen MR) is 58.1 cm³/mol. The monoisotopic (exact) mass is 266 g/mol. The molecule has 1 aromatic heterocycles. The van der Waals surface area contributed by atoms with Crippen LogP contribution < -0.4 is 11.3 Å². The summed E-state index contributed by atoms with van der Waals surface area (Å²) >= 11 is 0. The average molecular weight is 266 g/mol. The normalized spacial score (nSPS) is 10.6. The van der Waals surface area contributed by atoms with Crippen molar-refractivity contribution >= 4 is 5.97 Å². The molecule has 0 aliphatic heterocycles. The largest absolute Gasteiger partial charge is 0.490 e. The Balaban J connectivity index is 0.000000360. The maximum Gasteiger partial charge on any atom is 0.490 e. The predicted octanol–water partition coefficient (Wildman–Crippen LogP) is 1.01. The molecule has 1 rings (SSSR count). The fraction of sp³-hybridized carbons (Fsp3) is 0.400. The molecule has 3 N–H and O–H groups in total. The Morgan fingerprint density at radius 1 is 1.39 bits per heavy atom. The van der Waals surface area contributed by atoms with Crippen molar-refractivity contribution < 1.29 is 23.1 Å². The standard InChI is InChI=1S/C8H12N2O.C2HF3O2/c1-6-3-7(2)10(5-9)8(11)4-6;3-2(4,5)1(6)7/h3-4H,5,9H2,1-2H3;(H,6,7). The number of hydrogen-bond acceptors (Lipinski definition) is 3. The zero-order chi connectivity index (χ0) is 14.5. The van der Waals surface area contributed by atoms with Crippen molar-refractivity contribution in [3.05, 3.63) is 33.7 Å². The van der Waals surface area contributed by atoms with Crippen LogP contribution in [-0.2, 0) is 11.5 Å². The molecule has 0 radical (unpaired) electrons. The summed E-state index contributed by atoms with van der Waals surface area (Å²) in [6.07, 6.45) is -5.08. The topological polar surface area (TPSA) is 85.3 Å². The van der Waals surface area contributed by atoms with Crippen molar-refractivity contribution in [1.82, 2.24) is 4.57 Å². The minimum atomic E-state index is -5.08. The van der Waals surface area contributed by atoms with Gasteiger partial charge in [-0.25, -0.2) is 4.79 Å². The highest BCUT2D eigenvalue weighted by Gasteiger charge is 2.38. The number of aromatic nitrogens is 1. The second-order valence-corrected chi connectivity index (χ2v) is 3.43. The lowest BCUT2D eigenvalue weighted by Gasteiger charge is -2.06. The van der Waals surface area contributed by atoms with Crippen molar-refractivity contribution in [2.24, 2.45) is 5.73 Å². The molecule has 1 heterocycles. The Kier molecular flexibility index (Phi) is 5.57. The van der Waals surface area contributed by atoms with E-state index in [1.807, 2.05) is 19.9 Å². The van der Waals surface area contributed by atoms with Crippen LogP contribution in [-0.4, -0.2) is 21.8 Å². The van der Waals surface area contributed by atoms with Gasteiger partial charge in [-0.15, -0.1) is 0 Å². The van der Waals surface area contributed by atoms with E-state index in [4.69, 9.17) is 15.6 Å². The number of pyridine rings is 1. The number of carbonyl (C=O) groups is 1. The van der Waals surface area contributed by atoms with Gasteiger partial charge < -0.3 is 10.8 Å². The van der Waals surface area contributed by atoms with Crippen LogP contribution in [0, 0.1) is 13.8 Å². The smallest absolute Gasteiger partial charge is 0.475 e. The molecule has 0 aliphatic carbocycles. The molecule has 102 valence electrons. The van der Waals surface area contributed by atoms with E-state index in [-0.39, 0.29) is 12.2 Å². The summed E-state index contributed by atoms with van der Waals surface area (Å²) in [4.78, 5) is 20.1. The number of halogens is 3. The Morgan fingerprint density at radius 3 is 2.11 bits per heavy atom. The SMILES string of the molecule is Cc1cc(C)n(CN)c(=O)c1.O=C(O)C(F)(F)F. The minimum absolute atomic E-state index is 0.0231. The van der Waals surface area contributed by atoms with Crippen LogP contribution >= 0.6 is 0 Å². The van der Waals surface area contributed by atoms with E-state index >= 15 is 0 Å². The molecule has 5 nitrogen and oxygen atoms in total. The van der Waals surface area contributed by atoms with Gasteiger partial charge in [-0.05, 0) is 25.5 Å². The molecule has 0 spiro atoms.